The number of esters is 1. The average Bonchev–Trinajstić information content (AvgIpc) is 2.60. The normalized spacial score (nSPS) is 11.5. The molecule has 0 fully saturated rings. The Kier molecular flexibility index (Phi) is 6.36. The number of hydrogen-bond acceptors (Lipinski definition) is 3. The molecule has 2 aromatic rings. The van der Waals surface area contributed by atoms with Crippen LogP contribution in [0.25, 0.3) is 0 Å². The lowest BCUT2D eigenvalue weighted by Gasteiger charge is -2.11. The Hall–Kier alpha value is -2.62. The number of carbonyl (C=O) groups is 2. The van der Waals surface area contributed by atoms with Crippen LogP contribution >= 0.6 is 0 Å². The van der Waals surface area contributed by atoms with Crippen LogP contribution in [0.5, 0.6) is 0 Å². The van der Waals surface area contributed by atoms with Crippen molar-refractivity contribution in [3.63, 3.8) is 0 Å². The predicted molar refractivity (Wildman–Crippen MR) is 88.7 cm³/mol. The molecule has 23 heavy (non-hydrogen) atoms. The molecule has 1 atom stereocenters. The highest BCUT2D eigenvalue weighted by atomic mass is 16.5. The predicted octanol–water partition coefficient (Wildman–Crippen LogP) is 3.04. The second-order valence-electron chi connectivity index (χ2n) is 5.44. The lowest BCUT2D eigenvalue weighted by atomic mass is 9.98. The molecule has 0 spiro atoms. The summed E-state index contributed by atoms with van der Waals surface area (Å²) in [4.78, 5) is 23.5. The third-order valence-electron chi connectivity index (χ3n) is 3.54. The number of rotatable bonds is 7. The lowest BCUT2D eigenvalue weighted by Crippen LogP contribution is -2.28. The molecule has 0 radical (unpaired) electrons. The molecule has 2 rings (SSSR count). The van der Waals surface area contributed by atoms with Crippen molar-refractivity contribution in [1.82, 2.24) is 5.32 Å². The third-order valence-corrected chi connectivity index (χ3v) is 3.54. The molecular formula is C19H21NO3. The van der Waals surface area contributed by atoms with E-state index in [-0.39, 0.29) is 30.8 Å². The van der Waals surface area contributed by atoms with Crippen LogP contribution in [0.15, 0.2) is 60.7 Å². The second kappa shape index (κ2) is 8.73. The molecular weight excluding hydrogens is 290 g/mol. The van der Waals surface area contributed by atoms with E-state index >= 15 is 0 Å². The Morgan fingerprint density at radius 3 is 2.26 bits per heavy atom. The van der Waals surface area contributed by atoms with Crippen molar-refractivity contribution >= 4 is 11.9 Å². The van der Waals surface area contributed by atoms with E-state index in [9.17, 15) is 9.59 Å². The SMILES string of the molecule is CC(CC(=O)OCC(=O)NCc1ccccc1)c1ccccc1. The van der Waals surface area contributed by atoms with Crippen LogP contribution in [-0.2, 0) is 20.9 Å². The maximum atomic E-state index is 11.8. The lowest BCUT2D eigenvalue weighted by molar-refractivity contribution is -0.148. The molecule has 1 N–H and O–H groups in total. The molecule has 0 aliphatic rings. The highest BCUT2D eigenvalue weighted by molar-refractivity contribution is 5.80. The van der Waals surface area contributed by atoms with Gasteiger partial charge in [0.15, 0.2) is 6.61 Å². The standard InChI is InChI=1S/C19H21NO3/c1-15(17-10-6-3-7-11-17)12-19(22)23-14-18(21)20-13-16-8-4-2-5-9-16/h2-11,15H,12-14H2,1H3,(H,20,21). The molecule has 0 saturated carbocycles. The van der Waals surface area contributed by atoms with Crippen LogP contribution in [0.3, 0.4) is 0 Å². The molecule has 0 aliphatic carbocycles. The number of ether oxygens (including phenoxy) is 1. The average molecular weight is 311 g/mol. The summed E-state index contributed by atoms with van der Waals surface area (Å²) in [6.07, 6.45) is 0.260. The minimum Gasteiger partial charge on any atom is -0.456 e. The Bertz CT molecular complexity index is 626. The van der Waals surface area contributed by atoms with Gasteiger partial charge in [-0.05, 0) is 17.0 Å². The Labute approximate surface area is 136 Å². The summed E-state index contributed by atoms with van der Waals surface area (Å²) in [5.41, 5.74) is 2.09. The minimum atomic E-state index is -0.365. The zero-order chi connectivity index (χ0) is 16.5. The summed E-state index contributed by atoms with van der Waals surface area (Å²) < 4.78 is 5.03. The van der Waals surface area contributed by atoms with Gasteiger partial charge in [0.25, 0.3) is 5.91 Å². The highest BCUT2D eigenvalue weighted by Gasteiger charge is 2.13. The molecule has 0 aliphatic heterocycles. The van der Waals surface area contributed by atoms with E-state index in [1.54, 1.807) is 0 Å². The van der Waals surface area contributed by atoms with E-state index < -0.39 is 0 Å². The van der Waals surface area contributed by atoms with Gasteiger partial charge in [-0.25, -0.2) is 0 Å². The first-order chi connectivity index (χ1) is 11.1. The first kappa shape index (κ1) is 16.7. The fourth-order valence-corrected chi connectivity index (χ4v) is 2.20. The van der Waals surface area contributed by atoms with Gasteiger partial charge in [-0.15, -0.1) is 0 Å². The zero-order valence-electron chi connectivity index (χ0n) is 13.2. The Morgan fingerprint density at radius 1 is 1.00 bits per heavy atom. The van der Waals surface area contributed by atoms with Gasteiger partial charge in [0.2, 0.25) is 0 Å². The maximum absolute atomic E-state index is 11.8. The van der Waals surface area contributed by atoms with Gasteiger partial charge >= 0.3 is 5.97 Å². The highest BCUT2D eigenvalue weighted by Crippen LogP contribution is 2.18. The quantitative estimate of drug-likeness (QED) is 0.800. The van der Waals surface area contributed by atoms with E-state index in [1.807, 2.05) is 67.6 Å². The number of benzene rings is 2. The first-order valence-electron chi connectivity index (χ1n) is 7.66. The van der Waals surface area contributed by atoms with E-state index in [4.69, 9.17) is 4.74 Å². The first-order valence-corrected chi connectivity index (χ1v) is 7.66. The molecule has 2 aromatic carbocycles. The summed E-state index contributed by atoms with van der Waals surface area (Å²) in [5, 5.41) is 2.72. The fourth-order valence-electron chi connectivity index (χ4n) is 2.20. The number of amides is 1. The second-order valence-corrected chi connectivity index (χ2v) is 5.44. The van der Waals surface area contributed by atoms with Crippen LogP contribution in [-0.4, -0.2) is 18.5 Å². The van der Waals surface area contributed by atoms with Gasteiger partial charge in [-0.2, -0.15) is 0 Å². The molecule has 1 amide bonds. The van der Waals surface area contributed by atoms with Crippen molar-refractivity contribution in [3.05, 3.63) is 71.8 Å². The van der Waals surface area contributed by atoms with E-state index in [0.29, 0.717) is 6.54 Å². The smallest absolute Gasteiger partial charge is 0.306 e. The van der Waals surface area contributed by atoms with E-state index in [2.05, 4.69) is 5.32 Å². The van der Waals surface area contributed by atoms with Gasteiger partial charge in [-0.3, -0.25) is 9.59 Å². The summed E-state index contributed by atoms with van der Waals surface area (Å²) in [7, 11) is 0. The van der Waals surface area contributed by atoms with Gasteiger partial charge in [0.05, 0.1) is 6.42 Å². The molecule has 0 bridgehead atoms. The van der Waals surface area contributed by atoms with Crippen molar-refractivity contribution in [1.29, 1.82) is 0 Å². The molecule has 0 aromatic heterocycles. The van der Waals surface area contributed by atoms with Gasteiger partial charge in [-0.1, -0.05) is 67.6 Å². The van der Waals surface area contributed by atoms with Crippen LogP contribution < -0.4 is 5.32 Å². The number of nitrogens with one attached hydrogen (secondary N) is 1. The van der Waals surface area contributed by atoms with Crippen molar-refractivity contribution in [3.8, 4) is 0 Å². The summed E-state index contributed by atoms with van der Waals surface area (Å²) in [6, 6.07) is 19.4. The topological polar surface area (TPSA) is 55.4 Å². The minimum absolute atomic E-state index is 0.0658. The summed E-state index contributed by atoms with van der Waals surface area (Å²) in [5.74, 6) is -0.595. The van der Waals surface area contributed by atoms with E-state index in [0.717, 1.165) is 11.1 Å². The zero-order valence-corrected chi connectivity index (χ0v) is 13.2. The van der Waals surface area contributed by atoms with Crippen molar-refractivity contribution in [2.75, 3.05) is 6.61 Å². The molecule has 0 saturated heterocycles. The van der Waals surface area contributed by atoms with Crippen molar-refractivity contribution in [2.24, 2.45) is 0 Å². The van der Waals surface area contributed by atoms with Crippen LogP contribution in [0.4, 0.5) is 0 Å². The Balaban J connectivity index is 1.68. The molecule has 1 unspecified atom stereocenters. The van der Waals surface area contributed by atoms with Gasteiger partial charge in [0, 0.05) is 6.54 Å². The van der Waals surface area contributed by atoms with Crippen LogP contribution in [0.1, 0.15) is 30.4 Å². The molecule has 0 heterocycles. The monoisotopic (exact) mass is 311 g/mol. The maximum Gasteiger partial charge on any atom is 0.306 e. The van der Waals surface area contributed by atoms with Crippen molar-refractivity contribution in [2.45, 2.75) is 25.8 Å². The van der Waals surface area contributed by atoms with Gasteiger partial charge in [0.1, 0.15) is 0 Å². The summed E-state index contributed by atoms with van der Waals surface area (Å²) >= 11 is 0. The largest absolute Gasteiger partial charge is 0.456 e. The van der Waals surface area contributed by atoms with Crippen molar-refractivity contribution < 1.29 is 14.3 Å². The molecule has 4 heteroatoms. The Morgan fingerprint density at radius 2 is 1.61 bits per heavy atom. The fraction of sp³-hybridized carbons (Fsp3) is 0.263. The number of hydrogen-bond donors (Lipinski definition) is 1. The molecule has 4 nitrogen and oxygen atoms in total. The van der Waals surface area contributed by atoms with E-state index in [1.165, 1.54) is 0 Å². The van der Waals surface area contributed by atoms with Gasteiger partial charge < -0.3 is 10.1 Å². The number of carbonyl (C=O) groups excluding carboxylic acids is 2. The summed E-state index contributed by atoms with van der Waals surface area (Å²) in [6.45, 7) is 2.15. The van der Waals surface area contributed by atoms with Crippen LogP contribution in [0.2, 0.25) is 0 Å². The third kappa shape index (κ3) is 5.94. The molecule has 120 valence electrons. The van der Waals surface area contributed by atoms with Crippen LogP contribution in [0, 0.1) is 0 Å².